The van der Waals surface area contributed by atoms with E-state index in [1.165, 1.54) is 17.7 Å². The van der Waals surface area contributed by atoms with Crippen LogP contribution in [-0.4, -0.2) is 70.6 Å². The van der Waals surface area contributed by atoms with E-state index in [2.05, 4.69) is 26.6 Å². The average Bonchev–Trinajstić information content (AvgIpc) is 3.26. The number of alkyl halides is 2. The number of likely N-dealkylation sites (tertiary alicyclic amines) is 2. The van der Waals surface area contributed by atoms with Gasteiger partial charge in [0.15, 0.2) is 0 Å². The zero-order chi connectivity index (χ0) is 27.4. The zero-order valence-corrected chi connectivity index (χ0v) is 22.2. The Morgan fingerprint density at radius 3 is 2.55 bits per heavy atom. The van der Waals surface area contributed by atoms with Gasteiger partial charge in [0.1, 0.15) is 11.9 Å². The summed E-state index contributed by atoms with van der Waals surface area (Å²) in [7, 11) is 0. The number of hydrogen-bond acceptors (Lipinski definition) is 5. The fraction of sp³-hybridized carbons (Fsp3) is 0.481. The number of nitrogens with zero attached hydrogens (tertiary/aromatic N) is 3. The standard InChI is InChI=1S/C27H32ClF2N5O3/c1-16-11-18(3-4-21(16)28)15-34-9-7-20(8-10-34)35-22(5-6-25(35)36)27(38)33-24-13-19(12-17(2)32-24)26(37)31-14-23(29)30/h3-4,11-13,20,22-23H,5-10,14-15H2,1-2H3,(H,31,37)(H,32,33,38)/t22-/m1/s1. The molecule has 11 heteroatoms. The Morgan fingerprint density at radius 2 is 1.87 bits per heavy atom. The fourth-order valence-electron chi connectivity index (χ4n) is 5.18. The van der Waals surface area contributed by atoms with Gasteiger partial charge in [-0.1, -0.05) is 23.7 Å². The molecule has 2 aliphatic heterocycles. The lowest BCUT2D eigenvalue weighted by Gasteiger charge is -2.39. The summed E-state index contributed by atoms with van der Waals surface area (Å²) >= 11 is 6.14. The minimum absolute atomic E-state index is 0.0369. The molecule has 0 unspecified atom stereocenters. The van der Waals surface area contributed by atoms with E-state index in [0.29, 0.717) is 18.5 Å². The minimum atomic E-state index is -2.67. The molecule has 1 aromatic heterocycles. The molecule has 3 amide bonds. The van der Waals surface area contributed by atoms with Crippen LogP contribution in [0.25, 0.3) is 0 Å². The van der Waals surface area contributed by atoms with E-state index in [1.54, 1.807) is 11.8 Å². The molecule has 0 radical (unpaired) electrons. The highest BCUT2D eigenvalue weighted by atomic mass is 35.5. The van der Waals surface area contributed by atoms with E-state index >= 15 is 0 Å². The quantitative estimate of drug-likeness (QED) is 0.522. The monoisotopic (exact) mass is 547 g/mol. The molecule has 38 heavy (non-hydrogen) atoms. The van der Waals surface area contributed by atoms with E-state index in [4.69, 9.17) is 11.6 Å². The van der Waals surface area contributed by atoms with Crippen LogP contribution in [-0.2, 0) is 16.1 Å². The maximum Gasteiger partial charge on any atom is 0.255 e. The molecule has 204 valence electrons. The van der Waals surface area contributed by atoms with E-state index in [-0.39, 0.29) is 29.2 Å². The van der Waals surface area contributed by atoms with Crippen molar-refractivity contribution in [1.29, 1.82) is 0 Å². The number of amides is 3. The first kappa shape index (κ1) is 27.9. The Morgan fingerprint density at radius 1 is 1.13 bits per heavy atom. The van der Waals surface area contributed by atoms with Gasteiger partial charge in [-0.3, -0.25) is 19.3 Å². The number of piperidine rings is 1. The number of nitrogens with one attached hydrogen (secondary N) is 2. The molecule has 2 fully saturated rings. The lowest BCUT2D eigenvalue weighted by Crippen LogP contribution is -2.51. The van der Waals surface area contributed by atoms with Gasteiger partial charge in [0.2, 0.25) is 11.8 Å². The van der Waals surface area contributed by atoms with E-state index in [1.807, 2.05) is 19.1 Å². The highest BCUT2D eigenvalue weighted by Crippen LogP contribution is 2.29. The van der Waals surface area contributed by atoms with Crippen molar-refractivity contribution < 1.29 is 23.2 Å². The van der Waals surface area contributed by atoms with Crippen molar-refractivity contribution in [3.63, 3.8) is 0 Å². The molecule has 1 atom stereocenters. The predicted molar refractivity (Wildman–Crippen MR) is 140 cm³/mol. The second kappa shape index (κ2) is 12.2. The molecule has 2 aromatic rings. The van der Waals surface area contributed by atoms with Crippen LogP contribution in [0.1, 0.15) is 52.9 Å². The third-order valence-corrected chi connectivity index (χ3v) is 7.44. The summed E-state index contributed by atoms with van der Waals surface area (Å²) in [4.78, 5) is 46.6. The van der Waals surface area contributed by atoms with E-state index < -0.39 is 24.9 Å². The SMILES string of the molecule is Cc1cc(C(=O)NCC(F)F)cc(NC(=O)[C@H]2CCC(=O)N2C2CCN(Cc3ccc(Cl)c(C)c3)CC2)n1. The number of benzene rings is 1. The Kier molecular flexibility index (Phi) is 8.94. The molecule has 1 aromatic carbocycles. The van der Waals surface area contributed by atoms with Gasteiger partial charge in [0.25, 0.3) is 12.3 Å². The molecule has 0 bridgehead atoms. The van der Waals surface area contributed by atoms with Gasteiger partial charge < -0.3 is 15.5 Å². The molecule has 2 saturated heterocycles. The molecule has 0 saturated carbocycles. The van der Waals surface area contributed by atoms with Crippen LogP contribution < -0.4 is 10.6 Å². The summed E-state index contributed by atoms with van der Waals surface area (Å²) in [6, 6.07) is 8.17. The zero-order valence-electron chi connectivity index (χ0n) is 21.5. The van der Waals surface area contributed by atoms with Gasteiger partial charge >= 0.3 is 0 Å². The van der Waals surface area contributed by atoms with Crippen LogP contribution in [0, 0.1) is 13.8 Å². The molecule has 0 aliphatic carbocycles. The number of carbonyl (C=O) groups excluding carboxylic acids is 3. The smallest absolute Gasteiger partial charge is 0.255 e. The van der Waals surface area contributed by atoms with Gasteiger partial charge in [-0.05, 0) is 62.4 Å². The van der Waals surface area contributed by atoms with Crippen LogP contribution in [0.3, 0.4) is 0 Å². The summed E-state index contributed by atoms with van der Waals surface area (Å²) in [5, 5.41) is 5.63. The van der Waals surface area contributed by atoms with Crippen LogP contribution in [0.15, 0.2) is 30.3 Å². The van der Waals surface area contributed by atoms with Crippen molar-refractivity contribution in [2.24, 2.45) is 0 Å². The lowest BCUT2D eigenvalue weighted by atomic mass is 10.0. The van der Waals surface area contributed by atoms with Crippen molar-refractivity contribution in [1.82, 2.24) is 20.1 Å². The highest BCUT2D eigenvalue weighted by molar-refractivity contribution is 6.31. The average molecular weight is 548 g/mol. The largest absolute Gasteiger partial charge is 0.346 e. The third kappa shape index (κ3) is 6.85. The molecule has 2 aliphatic rings. The van der Waals surface area contributed by atoms with Crippen molar-refractivity contribution in [2.45, 2.75) is 64.6 Å². The summed E-state index contributed by atoms with van der Waals surface area (Å²) in [6.07, 6.45) is -0.438. The van der Waals surface area contributed by atoms with E-state index in [0.717, 1.165) is 43.1 Å². The minimum Gasteiger partial charge on any atom is -0.346 e. The second-order valence-electron chi connectivity index (χ2n) is 9.92. The first-order valence-corrected chi connectivity index (χ1v) is 13.1. The van der Waals surface area contributed by atoms with Crippen molar-refractivity contribution >= 4 is 35.1 Å². The van der Waals surface area contributed by atoms with Crippen LogP contribution in [0.5, 0.6) is 0 Å². The Bertz CT molecular complexity index is 1200. The normalized spacial score (nSPS) is 18.7. The predicted octanol–water partition coefficient (Wildman–Crippen LogP) is 3.94. The Balaban J connectivity index is 1.37. The number of anilines is 1. The maximum absolute atomic E-state index is 13.2. The first-order valence-electron chi connectivity index (χ1n) is 12.7. The maximum atomic E-state index is 13.2. The molecule has 8 nitrogen and oxygen atoms in total. The van der Waals surface area contributed by atoms with Crippen LogP contribution in [0.2, 0.25) is 5.02 Å². The molecular formula is C27H32ClF2N5O3. The fourth-order valence-corrected chi connectivity index (χ4v) is 5.30. The van der Waals surface area contributed by atoms with E-state index in [9.17, 15) is 23.2 Å². The van der Waals surface area contributed by atoms with Gasteiger partial charge in [0, 0.05) is 48.4 Å². The number of halogens is 3. The number of pyridine rings is 1. The number of hydrogen-bond donors (Lipinski definition) is 2. The summed E-state index contributed by atoms with van der Waals surface area (Å²) < 4.78 is 24.9. The summed E-state index contributed by atoms with van der Waals surface area (Å²) in [5.41, 5.74) is 2.80. The second-order valence-corrected chi connectivity index (χ2v) is 10.3. The topological polar surface area (TPSA) is 94.6 Å². The number of aromatic nitrogens is 1. The Labute approximate surface area is 225 Å². The Hall–Kier alpha value is -3.11. The lowest BCUT2D eigenvalue weighted by molar-refractivity contribution is -0.136. The number of rotatable bonds is 8. The van der Waals surface area contributed by atoms with Crippen LogP contribution in [0.4, 0.5) is 14.6 Å². The number of aryl methyl sites for hydroxylation is 2. The molecule has 2 N–H and O–H groups in total. The van der Waals surface area contributed by atoms with Gasteiger partial charge in [-0.25, -0.2) is 13.8 Å². The molecular weight excluding hydrogens is 516 g/mol. The summed E-state index contributed by atoms with van der Waals surface area (Å²) in [6.45, 7) is 5.28. The van der Waals surface area contributed by atoms with Gasteiger partial charge in [0.05, 0.1) is 6.54 Å². The number of carbonyl (C=O) groups is 3. The molecule has 0 spiro atoms. The van der Waals surface area contributed by atoms with Gasteiger partial charge in [-0.2, -0.15) is 0 Å². The van der Waals surface area contributed by atoms with Crippen molar-refractivity contribution in [2.75, 3.05) is 25.0 Å². The van der Waals surface area contributed by atoms with Crippen molar-refractivity contribution in [3.05, 3.63) is 57.7 Å². The van der Waals surface area contributed by atoms with Gasteiger partial charge in [-0.15, -0.1) is 0 Å². The molecule has 3 heterocycles. The third-order valence-electron chi connectivity index (χ3n) is 7.02. The first-order chi connectivity index (χ1) is 18.1. The van der Waals surface area contributed by atoms with Crippen LogP contribution >= 0.6 is 11.6 Å². The molecule has 4 rings (SSSR count). The van der Waals surface area contributed by atoms with Crippen molar-refractivity contribution in [3.8, 4) is 0 Å². The highest BCUT2D eigenvalue weighted by Gasteiger charge is 2.41. The summed E-state index contributed by atoms with van der Waals surface area (Å²) in [5.74, 6) is -0.942.